The molecule has 0 aliphatic heterocycles. The highest BCUT2D eigenvalue weighted by Gasteiger charge is 2.25. The molecule has 35 heavy (non-hydrogen) atoms. The van der Waals surface area contributed by atoms with Gasteiger partial charge in [-0.2, -0.15) is 0 Å². The first-order valence-corrected chi connectivity index (χ1v) is 11.4. The second-order valence-corrected chi connectivity index (χ2v) is 8.31. The lowest BCUT2D eigenvalue weighted by atomic mass is 10.0. The van der Waals surface area contributed by atoms with Crippen LogP contribution in [-0.2, 0) is 12.8 Å². The highest BCUT2D eigenvalue weighted by atomic mass is 16.5. The first-order chi connectivity index (χ1) is 17.1. The summed E-state index contributed by atoms with van der Waals surface area (Å²) in [6, 6.07) is 19.9. The van der Waals surface area contributed by atoms with E-state index in [1.807, 2.05) is 30.3 Å². The number of methoxy groups -OCH3 is 2. The van der Waals surface area contributed by atoms with E-state index in [9.17, 15) is 9.59 Å². The van der Waals surface area contributed by atoms with Gasteiger partial charge >= 0.3 is 0 Å². The number of anilines is 2. The van der Waals surface area contributed by atoms with Crippen molar-refractivity contribution in [2.24, 2.45) is 0 Å². The maximum atomic E-state index is 13.6. The highest BCUT2D eigenvalue weighted by Crippen LogP contribution is 2.38. The van der Waals surface area contributed by atoms with Crippen molar-refractivity contribution in [2.75, 3.05) is 24.9 Å². The van der Waals surface area contributed by atoms with Crippen LogP contribution in [0, 0.1) is 0 Å². The number of carbonyl (C=O) groups excluding carboxylic acids is 2. The van der Waals surface area contributed by atoms with Crippen LogP contribution in [0.3, 0.4) is 0 Å². The third-order valence-electron chi connectivity index (χ3n) is 6.20. The normalized spacial score (nSPS) is 12.2. The predicted octanol–water partition coefficient (Wildman–Crippen LogP) is 5.25. The Morgan fingerprint density at radius 3 is 2.11 bits per heavy atom. The number of amides is 2. The van der Waals surface area contributed by atoms with Gasteiger partial charge in [0.05, 0.1) is 36.7 Å². The van der Waals surface area contributed by atoms with Gasteiger partial charge in [0.2, 0.25) is 0 Å². The standard InChI is InChI=1S/C28H25N3O4/c1-34-24-16-23(25(35-2)15-22(24)30-27(32)17-9-4-3-5-10-17)31-28(33)26-18-11-6-7-13-20(18)29-21-14-8-12-19(21)26/h3-7,9-11,13,15-16H,8,12,14H2,1-2H3,(H,30,32)(H,31,33). The van der Waals surface area contributed by atoms with Gasteiger partial charge in [-0.3, -0.25) is 14.6 Å². The van der Waals surface area contributed by atoms with Crippen LogP contribution in [0.15, 0.2) is 66.7 Å². The van der Waals surface area contributed by atoms with Gasteiger partial charge < -0.3 is 20.1 Å². The molecule has 7 heteroatoms. The summed E-state index contributed by atoms with van der Waals surface area (Å²) in [6.07, 6.45) is 2.67. The van der Waals surface area contributed by atoms with Gasteiger partial charge in [-0.15, -0.1) is 0 Å². The Labute approximate surface area is 203 Å². The molecule has 2 amide bonds. The van der Waals surface area contributed by atoms with Crippen LogP contribution in [0.2, 0.25) is 0 Å². The number of hydrogen-bond donors (Lipinski definition) is 2. The average molecular weight is 468 g/mol. The zero-order valence-corrected chi connectivity index (χ0v) is 19.6. The lowest BCUT2D eigenvalue weighted by Crippen LogP contribution is -2.17. The number of rotatable bonds is 6. The third-order valence-corrected chi connectivity index (χ3v) is 6.20. The quantitative estimate of drug-likeness (QED) is 0.405. The van der Waals surface area contributed by atoms with Gasteiger partial charge in [0.1, 0.15) is 11.5 Å². The number of aryl methyl sites for hydroxylation is 1. The maximum Gasteiger partial charge on any atom is 0.256 e. The van der Waals surface area contributed by atoms with Crippen LogP contribution in [0.1, 0.15) is 38.4 Å². The SMILES string of the molecule is COc1cc(NC(=O)c2c3c(nc4ccccc24)CCC3)c(OC)cc1NC(=O)c1ccccc1. The first-order valence-electron chi connectivity index (χ1n) is 11.4. The van der Waals surface area contributed by atoms with Crippen LogP contribution in [0.5, 0.6) is 11.5 Å². The van der Waals surface area contributed by atoms with Crippen molar-refractivity contribution >= 4 is 34.1 Å². The van der Waals surface area contributed by atoms with Crippen LogP contribution in [-0.4, -0.2) is 31.0 Å². The van der Waals surface area contributed by atoms with Crippen LogP contribution in [0.4, 0.5) is 11.4 Å². The van der Waals surface area contributed by atoms with Crippen molar-refractivity contribution in [3.05, 3.63) is 89.1 Å². The molecular formula is C28H25N3O4. The molecule has 0 saturated heterocycles. The summed E-state index contributed by atoms with van der Waals surface area (Å²) in [7, 11) is 3.02. The molecule has 0 radical (unpaired) electrons. The number of pyridine rings is 1. The average Bonchev–Trinajstić information content (AvgIpc) is 3.36. The van der Waals surface area contributed by atoms with E-state index in [-0.39, 0.29) is 11.8 Å². The molecule has 1 aliphatic rings. The second-order valence-electron chi connectivity index (χ2n) is 8.31. The minimum absolute atomic E-state index is 0.233. The van der Waals surface area contributed by atoms with E-state index in [0.717, 1.165) is 41.4 Å². The number of nitrogens with zero attached hydrogens (tertiary/aromatic N) is 1. The molecule has 7 nitrogen and oxygen atoms in total. The van der Waals surface area contributed by atoms with Gasteiger partial charge in [-0.25, -0.2) is 0 Å². The summed E-state index contributed by atoms with van der Waals surface area (Å²) >= 11 is 0. The molecule has 0 spiro atoms. The number of aromatic nitrogens is 1. The Balaban J connectivity index is 1.50. The van der Waals surface area contributed by atoms with E-state index in [0.29, 0.717) is 34.0 Å². The Bertz CT molecular complexity index is 1430. The topological polar surface area (TPSA) is 89.6 Å². The molecule has 1 aliphatic carbocycles. The fourth-order valence-corrected chi connectivity index (χ4v) is 4.53. The van der Waals surface area contributed by atoms with Gasteiger partial charge in [0.25, 0.3) is 11.8 Å². The third kappa shape index (κ3) is 4.28. The second kappa shape index (κ2) is 9.46. The number of benzene rings is 3. The molecule has 5 rings (SSSR count). The Hall–Kier alpha value is -4.39. The molecule has 2 N–H and O–H groups in total. The van der Waals surface area contributed by atoms with E-state index in [2.05, 4.69) is 10.6 Å². The van der Waals surface area contributed by atoms with Crippen LogP contribution >= 0.6 is 0 Å². The number of hydrogen-bond acceptors (Lipinski definition) is 5. The molecule has 1 aromatic heterocycles. The van der Waals surface area contributed by atoms with E-state index >= 15 is 0 Å². The molecule has 0 unspecified atom stereocenters. The fourth-order valence-electron chi connectivity index (χ4n) is 4.53. The van der Waals surface area contributed by atoms with Crippen molar-refractivity contribution in [3.8, 4) is 11.5 Å². The Kier molecular flexibility index (Phi) is 6.06. The molecule has 0 saturated carbocycles. The first kappa shape index (κ1) is 22.4. The minimum Gasteiger partial charge on any atom is -0.494 e. The molecule has 176 valence electrons. The Morgan fingerprint density at radius 2 is 1.43 bits per heavy atom. The Morgan fingerprint density at radius 1 is 0.800 bits per heavy atom. The van der Waals surface area contributed by atoms with Gasteiger partial charge in [0, 0.05) is 28.8 Å². The van der Waals surface area contributed by atoms with Crippen molar-refractivity contribution in [1.29, 1.82) is 0 Å². The monoisotopic (exact) mass is 467 g/mol. The lowest BCUT2D eigenvalue weighted by Gasteiger charge is -2.17. The molecular weight excluding hydrogens is 442 g/mol. The summed E-state index contributed by atoms with van der Waals surface area (Å²) < 4.78 is 11.1. The minimum atomic E-state index is -0.276. The number of carbonyl (C=O) groups is 2. The van der Waals surface area contributed by atoms with Gasteiger partial charge in [-0.1, -0.05) is 36.4 Å². The molecule has 3 aromatic carbocycles. The van der Waals surface area contributed by atoms with E-state index < -0.39 is 0 Å². The fraction of sp³-hybridized carbons (Fsp3) is 0.179. The van der Waals surface area contributed by atoms with Gasteiger partial charge in [0.15, 0.2) is 0 Å². The van der Waals surface area contributed by atoms with Gasteiger partial charge in [-0.05, 0) is 43.0 Å². The van der Waals surface area contributed by atoms with E-state index in [1.165, 1.54) is 14.2 Å². The summed E-state index contributed by atoms with van der Waals surface area (Å²) in [5.74, 6) is 0.289. The number of para-hydroxylation sites is 1. The predicted molar refractivity (Wildman–Crippen MR) is 136 cm³/mol. The maximum absolute atomic E-state index is 13.6. The summed E-state index contributed by atoms with van der Waals surface area (Å²) in [5.41, 5.74) is 4.83. The van der Waals surface area contributed by atoms with Crippen molar-refractivity contribution in [2.45, 2.75) is 19.3 Å². The van der Waals surface area contributed by atoms with Crippen LogP contribution in [0.25, 0.3) is 10.9 Å². The molecule has 1 heterocycles. The number of fused-ring (bicyclic) bond motifs is 2. The van der Waals surface area contributed by atoms with Crippen molar-refractivity contribution < 1.29 is 19.1 Å². The summed E-state index contributed by atoms with van der Waals surface area (Å²) in [4.78, 5) is 31.0. The van der Waals surface area contributed by atoms with Crippen LogP contribution < -0.4 is 20.1 Å². The highest BCUT2D eigenvalue weighted by molar-refractivity contribution is 6.14. The van der Waals surface area contributed by atoms with E-state index in [4.69, 9.17) is 14.5 Å². The van der Waals surface area contributed by atoms with Crippen molar-refractivity contribution in [3.63, 3.8) is 0 Å². The largest absolute Gasteiger partial charge is 0.494 e. The molecule has 0 bridgehead atoms. The summed E-state index contributed by atoms with van der Waals surface area (Å²) in [5, 5.41) is 6.68. The van der Waals surface area contributed by atoms with E-state index in [1.54, 1.807) is 36.4 Å². The zero-order valence-electron chi connectivity index (χ0n) is 19.6. The number of ether oxygens (including phenoxy) is 2. The lowest BCUT2D eigenvalue weighted by molar-refractivity contribution is 0.101. The summed E-state index contributed by atoms with van der Waals surface area (Å²) in [6.45, 7) is 0. The molecule has 4 aromatic rings. The van der Waals surface area contributed by atoms with Crippen molar-refractivity contribution in [1.82, 2.24) is 4.98 Å². The molecule has 0 fully saturated rings. The molecule has 0 atom stereocenters. The zero-order chi connectivity index (χ0) is 24.4. The smallest absolute Gasteiger partial charge is 0.256 e. The number of nitrogens with one attached hydrogen (secondary N) is 2.